The van der Waals surface area contributed by atoms with Gasteiger partial charge in [-0.3, -0.25) is 0 Å². The van der Waals surface area contributed by atoms with E-state index in [0.717, 1.165) is 32.8 Å². The highest BCUT2D eigenvalue weighted by molar-refractivity contribution is 4.48. The van der Waals surface area contributed by atoms with E-state index in [0.29, 0.717) is 0 Å². The van der Waals surface area contributed by atoms with Gasteiger partial charge in [-0.2, -0.15) is 0 Å². The molecule has 0 fully saturated rings. The molecule has 1 N–H and O–H groups in total. The molecule has 0 amide bonds. The zero-order chi connectivity index (χ0) is 9.23. The van der Waals surface area contributed by atoms with Gasteiger partial charge in [0.1, 0.15) is 0 Å². The van der Waals surface area contributed by atoms with Gasteiger partial charge in [0.05, 0.1) is 13.2 Å². The maximum atomic E-state index is 5.39. The summed E-state index contributed by atoms with van der Waals surface area (Å²) in [5.74, 6) is 0. The zero-order valence-corrected chi connectivity index (χ0v) is 8.60. The van der Waals surface area contributed by atoms with Crippen LogP contribution in [-0.4, -0.2) is 51.8 Å². The van der Waals surface area contributed by atoms with Gasteiger partial charge in [-0.15, -0.1) is 0 Å². The van der Waals surface area contributed by atoms with Crippen molar-refractivity contribution in [2.45, 2.75) is 13.3 Å². The smallest absolute Gasteiger partial charge is 0.0593 e. The predicted octanol–water partition coefficient (Wildman–Crippen LogP) is 0.564. The molecule has 0 bridgehead atoms. The molecule has 0 unspecified atom stereocenters. The van der Waals surface area contributed by atoms with Crippen molar-refractivity contribution in [2.75, 3.05) is 46.9 Å². The van der Waals surface area contributed by atoms with Gasteiger partial charge in [0.2, 0.25) is 0 Å². The van der Waals surface area contributed by atoms with Gasteiger partial charge >= 0.3 is 0 Å². The number of hydrogen-bond donors (Lipinski definition) is 1. The maximum Gasteiger partial charge on any atom is 0.0593 e. The molecule has 0 rings (SSSR count). The van der Waals surface area contributed by atoms with E-state index >= 15 is 0 Å². The molecule has 0 aromatic heterocycles. The summed E-state index contributed by atoms with van der Waals surface area (Å²) in [5, 5.41) is 3.04. The molecule has 0 radical (unpaired) electrons. The highest BCUT2D eigenvalue weighted by Crippen LogP contribution is 1.85. The van der Waals surface area contributed by atoms with Crippen molar-refractivity contribution in [2.24, 2.45) is 0 Å². The summed E-state index contributed by atoms with van der Waals surface area (Å²) in [7, 11) is 4.07. The van der Waals surface area contributed by atoms with Crippen LogP contribution >= 0.6 is 0 Å². The number of likely N-dealkylation sites (N-methyl/N-ethyl adjacent to an activating group) is 2. The summed E-state index contributed by atoms with van der Waals surface area (Å²) in [4.78, 5) is 2.29. The molecule has 0 aliphatic heterocycles. The largest absolute Gasteiger partial charge is 0.379 e. The Hall–Kier alpha value is -0.120. The van der Waals surface area contributed by atoms with Gasteiger partial charge in [-0.05, 0) is 27.1 Å². The van der Waals surface area contributed by atoms with Crippen LogP contribution in [0, 0.1) is 0 Å². The SMILES string of the molecule is CCCN(C)CCOCCNC. The third-order valence-electron chi connectivity index (χ3n) is 1.72. The van der Waals surface area contributed by atoms with Crippen molar-refractivity contribution in [1.82, 2.24) is 10.2 Å². The number of nitrogens with zero attached hydrogens (tertiary/aromatic N) is 1. The fraction of sp³-hybridized carbons (Fsp3) is 1.00. The fourth-order valence-corrected chi connectivity index (χ4v) is 0.990. The van der Waals surface area contributed by atoms with E-state index in [2.05, 4.69) is 24.2 Å². The Labute approximate surface area is 76.1 Å². The topological polar surface area (TPSA) is 24.5 Å². The molecule has 0 aliphatic carbocycles. The standard InChI is InChI=1S/C9H22N2O/c1-4-6-11(3)7-9-12-8-5-10-2/h10H,4-9H2,1-3H3. The van der Waals surface area contributed by atoms with Crippen LogP contribution in [-0.2, 0) is 4.74 Å². The minimum atomic E-state index is 0.816. The van der Waals surface area contributed by atoms with Crippen molar-refractivity contribution in [3.8, 4) is 0 Å². The molecular weight excluding hydrogens is 152 g/mol. The Bertz CT molecular complexity index is 88.6. The summed E-state index contributed by atoms with van der Waals surface area (Å²) >= 11 is 0. The van der Waals surface area contributed by atoms with Gasteiger partial charge in [0.25, 0.3) is 0 Å². The first-order chi connectivity index (χ1) is 5.81. The van der Waals surface area contributed by atoms with Crippen molar-refractivity contribution >= 4 is 0 Å². The number of nitrogens with one attached hydrogen (secondary N) is 1. The third kappa shape index (κ3) is 7.98. The molecule has 0 aromatic rings. The summed E-state index contributed by atoms with van der Waals surface area (Å²) in [6, 6.07) is 0. The number of hydrogen-bond acceptors (Lipinski definition) is 3. The minimum Gasteiger partial charge on any atom is -0.379 e. The lowest BCUT2D eigenvalue weighted by atomic mass is 10.4. The molecule has 12 heavy (non-hydrogen) atoms. The van der Waals surface area contributed by atoms with Crippen molar-refractivity contribution in [3.63, 3.8) is 0 Å². The average molecular weight is 174 g/mol. The average Bonchev–Trinajstić information content (AvgIpc) is 2.05. The van der Waals surface area contributed by atoms with Gasteiger partial charge in [0.15, 0.2) is 0 Å². The fourth-order valence-electron chi connectivity index (χ4n) is 0.990. The van der Waals surface area contributed by atoms with Crippen LogP contribution < -0.4 is 5.32 Å². The first kappa shape index (κ1) is 11.9. The van der Waals surface area contributed by atoms with E-state index in [4.69, 9.17) is 4.74 Å². The summed E-state index contributed by atoms with van der Waals surface area (Å²) in [6.07, 6.45) is 1.22. The predicted molar refractivity (Wildman–Crippen MR) is 52.5 cm³/mol. The van der Waals surface area contributed by atoms with Crippen LogP contribution in [0.5, 0.6) is 0 Å². The third-order valence-corrected chi connectivity index (χ3v) is 1.72. The quantitative estimate of drug-likeness (QED) is 0.544. The Morgan fingerprint density at radius 2 is 2.00 bits per heavy atom. The Morgan fingerprint density at radius 1 is 1.25 bits per heavy atom. The maximum absolute atomic E-state index is 5.39. The first-order valence-corrected chi connectivity index (χ1v) is 4.72. The minimum absolute atomic E-state index is 0.816. The van der Waals surface area contributed by atoms with E-state index in [9.17, 15) is 0 Å². The van der Waals surface area contributed by atoms with Gasteiger partial charge in [0, 0.05) is 13.1 Å². The van der Waals surface area contributed by atoms with Crippen LogP contribution in [0.2, 0.25) is 0 Å². The zero-order valence-electron chi connectivity index (χ0n) is 8.60. The molecule has 0 aromatic carbocycles. The molecule has 0 aliphatic rings. The highest BCUT2D eigenvalue weighted by Gasteiger charge is 1.94. The number of rotatable bonds is 8. The van der Waals surface area contributed by atoms with Crippen LogP contribution in [0.15, 0.2) is 0 Å². The molecule has 0 saturated heterocycles. The second-order valence-corrected chi connectivity index (χ2v) is 3.02. The molecule has 0 atom stereocenters. The molecule has 3 heteroatoms. The van der Waals surface area contributed by atoms with Crippen LogP contribution in [0.1, 0.15) is 13.3 Å². The summed E-state index contributed by atoms with van der Waals surface area (Å²) < 4.78 is 5.39. The summed E-state index contributed by atoms with van der Waals surface area (Å²) in [6.45, 7) is 7.00. The van der Waals surface area contributed by atoms with Crippen LogP contribution in [0.4, 0.5) is 0 Å². The van der Waals surface area contributed by atoms with E-state index in [1.54, 1.807) is 0 Å². The molecule has 3 nitrogen and oxygen atoms in total. The molecule has 0 saturated carbocycles. The second-order valence-electron chi connectivity index (χ2n) is 3.02. The van der Waals surface area contributed by atoms with Gasteiger partial charge in [-0.1, -0.05) is 6.92 Å². The molecule has 74 valence electrons. The van der Waals surface area contributed by atoms with Crippen molar-refractivity contribution in [1.29, 1.82) is 0 Å². The van der Waals surface area contributed by atoms with E-state index < -0.39 is 0 Å². The summed E-state index contributed by atoms with van der Waals surface area (Å²) in [5.41, 5.74) is 0. The number of ether oxygens (including phenoxy) is 1. The van der Waals surface area contributed by atoms with Crippen LogP contribution in [0.25, 0.3) is 0 Å². The molecular formula is C9H22N2O. The second kappa shape index (κ2) is 8.97. The Kier molecular flexibility index (Phi) is 8.88. The highest BCUT2D eigenvalue weighted by atomic mass is 16.5. The monoisotopic (exact) mass is 174 g/mol. The van der Waals surface area contributed by atoms with Crippen molar-refractivity contribution in [3.05, 3.63) is 0 Å². The first-order valence-electron chi connectivity index (χ1n) is 4.72. The van der Waals surface area contributed by atoms with Crippen molar-refractivity contribution < 1.29 is 4.74 Å². The molecule has 0 spiro atoms. The Morgan fingerprint density at radius 3 is 2.58 bits per heavy atom. The Balaban J connectivity index is 2.97. The van der Waals surface area contributed by atoms with E-state index in [1.165, 1.54) is 6.42 Å². The van der Waals surface area contributed by atoms with E-state index in [1.807, 2.05) is 7.05 Å². The van der Waals surface area contributed by atoms with E-state index in [-0.39, 0.29) is 0 Å². The molecule has 0 heterocycles. The normalized spacial score (nSPS) is 11.0. The van der Waals surface area contributed by atoms with Crippen LogP contribution in [0.3, 0.4) is 0 Å². The van der Waals surface area contributed by atoms with Gasteiger partial charge < -0.3 is 15.0 Å². The lowest BCUT2D eigenvalue weighted by Gasteiger charge is -2.14. The lowest BCUT2D eigenvalue weighted by molar-refractivity contribution is 0.114. The van der Waals surface area contributed by atoms with Gasteiger partial charge in [-0.25, -0.2) is 0 Å². The lowest BCUT2D eigenvalue weighted by Crippen LogP contribution is -2.25.